The molecular formula is C114H158N2S7. The summed E-state index contributed by atoms with van der Waals surface area (Å²) >= 11 is 13.8. The van der Waals surface area contributed by atoms with Gasteiger partial charge in [-0.05, 0) is 192 Å². The van der Waals surface area contributed by atoms with E-state index >= 15 is 0 Å². The number of hydrogen-bond donors (Lipinski definition) is 2. The van der Waals surface area contributed by atoms with E-state index in [0.717, 1.165) is 66.4 Å². The maximum Gasteiger partial charge on any atom is 0.0205 e. The Hall–Kier alpha value is -6.99. The fourth-order valence-corrected chi connectivity index (χ4v) is 17.1. The Bertz CT molecular complexity index is 4080. The maximum absolute atomic E-state index is 3.81. The largest absolute Gasteiger partial charge is 0.313 e. The van der Waals surface area contributed by atoms with Gasteiger partial charge in [-0.15, -0.1) is 0 Å². The van der Waals surface area contributed by atoms with Gasteiger partial charge in [-0.1, -0.05) is 452 Å². The van der Waals surface area contributed by atoms with Crippen molar-refractivity contribution in [1.82, 2.24) is 10.6 Å². The third-order valence-corrected chi connectivity index (χ3v) is 26.3. The Kier molecular flexibility index (Phi) is 77.2. The van der Waals surface area contributed by atoms with Crippen LogP contribution in [0.4, 0.5) is 0 Å². The highest BCUT2D eigenvalue weighted by Crippen LogP contribution is 2.23. The third kappa shape index (κ3) is 61.9. The van der Waals surface area contributed by atoms with E-state index in [4.69, 9.17) is 0 Å². The van der Waals surface area contributed by atoms with Gasteiger partial charge in [0.25, 0.3) is 0 Å². The maximum atomic E-state index is 3.81. The van der Waals surface area contributed by atoms with E-state index in [2.05, 4.69) is 351 Å². The van der Waals surface area contributed by atoms with Crippen LogP contribution in [0.15, 0.2) is 278 Å². The lowest BCUT2D eigenvalue weighted by atomic mass is 10.1. The van der Waals surface area contributed by atoms with Crippen LogP contribution in [0.5, 0.6) is 0 Å². The molecule has 123 heavy (non-hydrogen) atoms. The molecule has 2 nitrogen and oxygen atoms in total. The minimum Gasteiger partial charge on any atom is -0.313 e. The summed E-state index contributed by atoms with van der Waals surface area (Å²) < 4.78 is 0. The molecule has 9 rings (SSSR count). The average Bonchev–Trinajstić information content (AvgIpc) is 0.861. The van der Waals surface area contributed by atoms with Gasteiger partial charge in [0.1, 0.15) is 0 Å². The molecule has 0 saturated carbocycles. The summed E-state index contributed by atoms with van der Waals surface area (Å²) in [5, 5.41) is 6.98. The second-order valence-electron chi connectivity index (χ2n) is 29.1. The first-order valence-corrected chi connectivity index (χ1v) is 53.3. The van der Waals surface area contributed by atoms with Crippen molar-refractivity contribution in [3.8, 4) is 0 Å². The molecule has 0 aliphatic rings. The lowest BCUT2D eigenvalue weighted by molar-refractivity contribution is 0.572. The zero-order chi connectivity index (χ0) is 89.9. The molecule has 9 aromatic rings. The number of hydrogen-bond acceptors (Lipinski definition) is 9. The van der Waals surface area contributed by atoms with E-state index in [0.29, 0.717) is 0 Å². The second kappa shape index (κ2) is 83.2. The molecule has 9 aromatic carbocycles. The summed E-state index contributed by atoms with van der Waals surface area (Å²) in [7, 11) is 0. The predicted molar refractivity (Wildman–Crippen MR) is 586 cm³/mol. The van der Waals surface area contributed by atoms with Crippen molar-refractivity contribution in [3.05, 3.63) is 378 Å². The fraction of sp³-hybridized carbons (Fsp3) is 0.368. The van der Waals surface area contributed by atoms with Gasteiger partial charge in [-0.25, -0.2) is 0 Å². The Balaban J connectivity index is 0.000000694. The van der Waals surface area contributed by atoms with Crippen molar-refractivity contribution in [2.75, 3.05) is 53.4 Å². The first-order chi connectivity index (χ1) is 60.3. The van der Waals surface area contributed by atoms with Crippen molar-refractivity contribution in [2.24, 2.45) is 0 Å². The van der Waals surface area contributed by atoms with Crippen LogP contribution in [0.2, 0.25) is 0 Å². The highest BCUT2D eigenvalue weighted by molar-refractivity contribution is 7.99. The summed E-state index contributed by atoms with van der Waals surface area (Å²) in [5.74, 6) is 16.4. The quantitative estimate of drug-likeness (QED) is 0.0361. The normalized spacial score (nSPS) is 10.0. The summed E-state index contributed by atoms with van der Waals surface area (Å²) in [4.78, 5) is 0. The SMILES string of the molecule is C=Cc1ccc(CNCCCCCCCC)cc1.C=Cc1ccc(CSCC)cc1.C=Cc1ccc(CSCCC)cc1.C=Cc1ccc(CSCCCC)cc1.C=Cc1cccc(CNCCCCCC)c1.C=Cc1cccc(CSCC)c1.C=Cc1cccc(CSCCC)c1.C=Cc1ccccc1CSCC.C=Cc1ccccc1CSCCC. The molecule has 0 heterocycles. The molecule has 0 bridgehead atoms. The first kappa shape index (κ1) is 114. The Morgan fingerprint density at radius 3 is 0.870 bits per heavy atom. The van der Waals surface area contributed by atoms with Crippen molar-refractivity contribution in [1.29, 1.82) is 0 Å². The Morgan fingerprint density at radius 1 is 0.220 bits per heavy atom. The second-order valence-corrected chi connectivity index (χ2v) is 37.3. The number of thioether (sulfide) groups is 7. The predicted octanol–water partition coefficient (Wildman–Crippen LogP) is 35.8. The summed E-state index contributed by atoms with van der Waals surface area (Å²) in [6, 6.07) is 76.8. The summed E-state index contributed by atoms with van der Waals surface area (Å²) in [6.45, 7) is 58.0. The van der Waals surface area contributed by atoms with E-state index in [1.54, 1.807) is 0 Å². The van der Waals surface area contributed by atoms with E-state index in [1.165, 1.54) is 237 Å². The van der Waals surface area contributed by atoms with E-state index in [-0.39, 0.29) is 0 Å². The summed E-state index contributed by atoms with van der Waals surface area (Å²) in [5.41, 5.74) is 23.4. The molecule has 0 amide bonds. The minimum absolute atomic E-state index is 0.966. The molecule has 0 saturated heterocycles. The van der Waals surface area contributed by atoms with E-state index in [1.807, 2.05) is 137 Å². The topological polar surface area (TPSA) is 24.1 Å². The number of rotatable bonds is 51. The fourth-order valence-electron chi connectivity index (χ4n) is 11.5. The molecule has 0 spiro atoms. The van der Waals surface area contributed by atoms with Crippen LogP contribution in [0.1, 0.15) is 259 Å². The molecule has 2 N–H and O–H groups in total. The molecule has 0 aliphatic heterocycles. The molecule has 0 atom stereocenters. The molecule has 0 aromatic heterocycles. The average molecular weight is 1780 g/mol. The highest BCUT2D eigenvalue weighted by Gasteiger charge is 2.03. The van der Waals surface area contributed by atoms with Gasteiger partial charge in [0, 0.05) is 53.4 Å². The Labute approximate surface area is 784 Å². The lowest BCUT2D eigenvalue weighted by Crippen LogP contribution is -2.14. The zero-order valence-electron chi connectivity index (χ0n) is 77.5. The van der Waals surface area contributed by atoms with Crippen LogP contribution < -0.4 is 10.6 Å². The Morgan fingerprint density at radius 2 is 0.504 bits per heavy atom. The van der Waals surface area contributed by atoms with Gasteiger partial charge >= 0.3 is 0 Å². The number of nitrogens with one attached hydrogen (secondary N) is 2. The number of unbranched alkanes of at least 4 members (excludes halogenated alkanes) is 9. The van der Waals surface area contributed by atoms with Crippen molar-refractivity contribution in [3.63, 3.8) is 0 Å². The van der Waals surface area contributed by atoms with Gasteiger partial charge in [-0.3, -0.25) is 0 Å². The summed E-state index contributed by atoms with van der Waals surface area (Å²) in [6.07, 6.45) is 36.9. The minimum atomic E-state index is 0.966. The molecule has 9 heteroatoms. The van der Waals surface area contributed by atoms with E-state index < -0.39 is 0 Å². The van der Waals surface area contributed by atoms with Crippen LogP contribution in [-0.4, -0.2) is 53.4 Å². The van der Waals surface area contributed by atoms with Crippen molar-refractivity contribution in [2.45, 2.75) is 212 Å². The van der Waals surface area contributed by atoms with Crippen molar-refractivity contribution >= 4 is 137 Å². The highest BCUT2D eigenvalue weighted by atomic mass is 32.2. The van der Waals surface area contributed by atoms with Crippen LogP contribution in [0.25, 0.3) is 54.7 Å². The first-order valence-electron chi connectivity index (χ1n) is 45.2. The van der Waals surface area contributed by atoms with Gasteiger partial charge in [0.05, 0.1) is 0 Å². The van der Waals surface area contributed by atoms with Gasteiger partial charge < -0.3 is 10.6 Å². The van der Waals surface area contributed by atoms with E-state index in [9.17, 15) is 0 Å². The number of benzene rings is 9. The standard InChI is InChI=1S/C17H27N.C15H23N.C13H18S.3C12H16S.3C11H14S/c1-3-5-6-7-8-9-14-18-15-17-12-10-16(4-2)11-13-17;1-3-5-6-7-11-16-13-15-10-8-9-14(4-2)12-15;1-3-5-10-14-11-13-8-6-12(4-2)7-9-13;1-3-9-13-10-12-7-5-11(4-2)6-8-12;1-3-9-13-10-12-8-6-5-7-11(12)4-2;1-3-8-13-10-12-7-5-6-11(4-2)9-12;1-3-10-5-7-11(8-6-10)9-12-4-2;1-3-10-6-5-7-11(8-10)9-12-4-2;1-3-10-7-5-6-8-11(10)9-12-4-2/h4,10-13,18H,2-3,5-9,14-15H2,1H3;4,8-10,12,16H,2-3,5-7,11,13H2,1H3;4,6-9H,2-3,5,10-11H2,1H3;2*4-8H,2-3,9-10H2,1H3;4-7,9H,2-3,8,10H2,1H3;3*3,5-8H,1,4,9H2,2H3. The molecule has 0 aliphatic carbocycles. The zero-order valence-corrected chi connectivity index (χ0v) is 83.3. The van der Waals surface area contributed by atoms with Crippen LogP contribution in [-0.2, 0) is 53.4 Å². The van der Waals surface area contributed by atoms with Crippen LogP contribution in [0, 0.1) is 0 Å². The van der Waals surface area contributed by atoms with Crippen LogP contribution in [0.3, 0.4) is 0 Å². The van der Waals surface area contributed by atoms with Gasteiger partial charge in [0.2, 0.25) is 0 Å². The van der Waals surface area contributed by atoms with Gasteiger partial charge in [-0.2, -0.15) is 82.3 Å². The molecule has 0 unspecified atom stereocenters. The van der Waals surface area contributed by atoms with Crippen molar-refractivity contribution < 1.29 is 0 Å². The monoisotopic (exact) mass is 1780 g/mol. The van der Waals surface area contributed by atoms with Gasteiger partial charge in [0.15, 0.2) is 0 Å². The molecular weight excluding hydrogens is 1620 g/mol. The third-order valence-electron chi connectivity index (χ3n) is 18.7. The lowest BCUT2D eigenvalue weighted by Gasteiger charge is -2.05. The molecule has 666 valence electrons. The molecule has 0 fully saturated rings. The van der Waals surface area contributed by atoms with Crippen LogP contribution >= 0.6 is 82.3 Å². The smallest absolute Gasteiger partial charge is 0.0205 e. The molecule has 0 radical (unpaired) electrons.